The molecule has 2 heterocycles. The molecule has 2 rings (SSSR count). The van der Waals surface area contributed by atoms with Crippen LogP contribution in [0.3, 0.4) is 0 Å². The molecule has 0 amide bonds. The maximum Gasteiger partial charge on any atom is 0.162 e. The molecule has 0 aliphatic heterocycles. The Morgan fingerprint density at radius 3 is 2.62 bits per heavy atom. The van der Waals surface area contributed by atoms with Gasteiger partial charge in [-0.2, -0.15) is 0 Å². The molecular weight excluding hydrogens is 220 g/mol. The first-order valence-electron chi connectivity index (χ1n) is 5.26. The van der Waals surface area contributed by atoms with E-state index in [1.165, 1.54) is 0 Å². The standard InChI is InChI=1S/C12H16N2OS/c1-12(2,3)10-9(7-13)16-11(14-10)8-5-4-6-15-8/h4-6H,7,13H2,1-3H3. The highest BCUT2D eigenvalue weighted by atomic mass is 32.1. The normalized spacial score (nSPS) is 12.0. The van der Waals surface area contributed by atoms with E-state index in [4.69, 9.17) is 10.2 Å². The number of hydrogen-bond donors (Lipinski definition) is 1. The molecule has 3 nitrogen and oxygen atoms in total. The number of rotatable bonds is 2. The van der Waals surface area contributed by atoms with Gasteiger partial charge in [-0.1, -0.05) is 20.8 Å². The number of furan rings is 1. The van der Waals surface area contributed by atoms with Crippen molar-refractivity contribution in [2.24, 2.45) is 5.73 Å². The van der Waals surface area contributed by atoms with Crippen LogP contribution in [0.2, 0.25) is 0 Å². The highest BCUT2D eigenvalue weighted by molar-refractivity contribution is 7.15. The Morgan fingerprint density at radius 1 is 1.44 bits per heavy atom. The first-order valence-corrected chi connectivity index (χ1v) is 6.08. The van der Waals surface area contributed by atoms with Crippen molar-refractivity contribution < 1.29 is 4.42 Å². The Morgan fingerprint density at radius 2 is 2.19 bits per heavy atom. The maximum absolute atomic E-state index is 5.75. The third-order valence-electron chi connectivity index (χ3n) is 2.33. The fourth-order valence-corrected chi connectivity index (χ4v) is 2.70. The molecule has 0 atom stereocenters. The van der Waals surface area contributed by atoms with E-state index in [-0.39, 0.29) is 5.41 Å². The van der Waals surface area contributed by atoms with Gasteiger partial charge in [0.2, 0.25) is 0 Å². The first kappa shape index (κ1) is 11.4. The van der Waals surface area contributed by atoms with Crippen molar-refractivity contribution >= 4 is 11.3 Å². The number of hydrogen-bond acceptors (Lipinski definition) is 4. The van der Waals surface area contributed by atoms with Gasteiger partial charge >= 0.3 is 0 Å². The smallest absolute Gasteiger partial charge is 0.162 e. The second-order valence-corrected chi connectivity index (χ2v) is 5.81. The van der Waals surface area contributed by atoms with Crippen molar-refractivity contribution in [2.45, 2.75) is 32.7 Å². The van der Waals surface area contributed by atoms with Crippen LogP contribution in [-0.2, 0) is 12.0 Å². The molecule has 0 unspecified atom stereocenters. The molecule has 0 spiro atoms. The van der Waals surface area contributed by atoms with Gasteiger partial charge in [-0.25, -0.2) is 4.98 Å². The lowest BCUT2D eigenvalue weighted by Crippen LogP contribution is -2.15. The average Bonchev–Trinajstić information content (AvgIpc) is 2.85. The van der Waals surface area contributed by atoms with Gasteiger partial charge in [0, 0.05) is 16.8 Å². The predicted octanol–water partition coefficient (Wildman–Crippen LogP) is 3.16. The summed E-state index contributed by atoms with van der Waals surface area (Å²) in [7, 11) is 0. The lowest BCUT2D eigenvalue weighted by Gasteiger charge is -2.16. The van der Waals surface area contributed by atoms with Crippen molar-refractivity contribution in [3.05, 3.63) is 29.0 Å². The van der Waals surface area contributed by atoms with E-state index < -0.39 is 0 Å². The Hall–Kier alpha value is -1.13. The molecule has 4 heteroatoms. The molecule has 2 N–H and O–H groups in total. The Kier molecular flexibility index (Phi) is 2.86. The summed E-state index contributed by atoms with van der Waals surface area (Å²) in [5, 5.41) is 0.912. The second-order valence-electron chi connectivity index (χ2n) is 4.72. The summed E-state index contributed by atoms with van der Waals surface area (Å²) in [5.74, 6) is 0.815. The molecule has 2 aromatic rings. The number of thiazole rings is 1. The third-order valence-corrected chi connectivity index (χ3v) is 3.42. The van der Waals surface area contributed by atoms with Gasteiger partial charge in [0.25, 0.3) is 0 Å². The largest absolute Gasteiger partial charge is 0.462 e. The topological polar surface area (TPSA) is 52.0 Å². The molecule has 2 aromatic heterocycles. The zero-order valence-electron chi connectivity index (χ0n) is 9.78. The molecule has 0 aliphatic rings. The summed E-state index contributed by atoms with van der Waals surface area (Å²) in [4.78, 5) is 5.78. The van der Waals surface area contributed by atoms with Crippen LogP contribution < -0.4 is 5.73 Å². The summed E-state index contributed by atoms with van der Waals surface area (Å²) in [6.07, 6.45) is 1.66. The summed E-state index contributed by atoms with van der Waals surface area (Å²) >= 11 is 1.61. The monoisotopic (exact) mass is 236 g/mol. The number of nitrogens with zero attached hydrogens (tertiary/aromatic N) is 1. The summed E-state index contributed by atoms with van der Waals surface area (Å²) in [6.45, 7) is 6.97. The van der Waals surface area contributed by atoms with Crippen LogP contribution in [0.1, 0.15) is 31.3 Å². The van der Waals surface area contributed by atoms with Gasteiger partial charge in [0.15, 0.2) is 10.8 Å². The highest BCUT2D eigenvalue weighted by Crippen LogP contribution is 2.34. The zero-order valence-corrected chi connectivity index (χ0v) is 10.6. The molecule has 0 fully saturated rings. The van der Waals surface area contributed by atoms with E-state index >= 15 is 0 Å². The van der Waals surface area contributed by atoms with Crippen LogP contribution in [0.4, 0.5) is 0 Å². The van der Waals surface area contributed by atoms with Crippen LogP contribution in [0.5, 0.6) is 0 Å². The van der Waals surface area contributed by atoms with E-state index in [0.29, 0.717) is 6.54 Å². The van der Waals surface area contributed by atoms with E-state index in [1.807, 2.05) is 12.1 Å². The van der Waals surface area contributed by atoms with E-state index in [0.717, 1.165) is 21.3 Å². The zero-order chi connectivity index (χ0) is 11.8. The van der Waals surface area contributed by atoms with Gasteiger partial charge in [-0.05, 0) is 12.1 Å². The van der Waals surface area contributed by atoms with Crippen molar-refractivity contribution in [3.63, 3.8) is 0 Å². The van der Waals surface area contributed by atoms with E-state index in [2.05, 4.69) is 25.8 Å². The highest BCUT2D eigenvalue weighted by Gasteiger charge is 2.23. The van der Waals surface area contributed by atoms with Gasteiger partial charge in [-0.15, -0.1) is 11.3 Å². The Labute approximate surface area is 99.3 Å². The van der Waals surface area contributed by atoms with Crippen molar-refractivity contribution in [1.82, 2.24) is 4.98 Å². The van der Waals surface area contributed by atoms with Gasteiger partial charge in [0.05, 0.1) is 12.0 Å². The predicted molar refractivity (Wildman–Crippen MR) is 66.4 cm³/mol. The summed E-state index contributed by atoms with van der Waals surface area (Å²) in [5.41, 5.74) is 6.85. The van der Waals surface area contributed by atoms with Gasteiger partial charge in [0.1, 0.15) is 0 Å². The number of nitrogens with two attached hydrogens (primary N) is 1. The molecule has 0 radical (unpaired) electrons. The van der Waals surface area contributed by atoms with Crippen molar-refractivity contribution in [3.8, 4) is 10.8 Å². The first-order chi connectivity index (χ1) is 7.52. The quantitative estimate of drug-likeness (QED) is 0.871. The number of aromatic nitrogens is 1. The summed E-state index contributed by atoms with van der Waals surface area (Å²) in [6, 6.07) is 3.79. The Balaban J connectivity index is 2.48. The van der Waals surface area contributed by atoms with Crippen LogP contribution in [-0.4, -0.2) is 4.98 Å². The Bertz CT molecular complexity index is 466. The second kappa shape index (κ2) is 4.03. The third kappa shape index (κ3) is 2.03. The minimum absolute atomic E-state index is 0.0239. The molecule has 86 valence electrons. The van der Waals surface area contributed by atoms with Crippen LogP contribution in [0, 0.1) is 0 Å². The van der Waals surface area contributed by atoms with Gasteiger partial charge in [-0.3, -0.25) is 0 Å². The summed E-state index contributed by atoms with van der Waals surface area (Å²) < 4.78 is 5.35. The molecule has 0 aliphatic carbocycles. The fourth-order valence-electron chi connectivity index (χ4n) is 1.58. The fraction of sp³-hybridized carbons (Fsp3) is 0.417. The maximum atomic E-state index is 5.75. The molecular formula is C12H16N2OS. The van der Waals surface area contributed by atoms with E-state index in [9.17, 15) is 0 Å². The average molecular weight is 236 g/mol. The van der Waals surface area contributed by atoms with Crippen LogP contribution in [0.25, 0.3) is 10.8 Å². The lowest BCUT2D eigenvalue weighted by atomic mass is 9.91. The lowest BCUT2D eigenvalue weighted by molar-refractivity contribution is 0.561. The molecule has 0 saturated carbocycles. The molecule has 0 saturated heterocycles. The van der Waals surface area contributed by atoms with E-state index in [1.54, 1.807) is 17.6 Å². The SMILES string of the molecule is CC(C)(C)c1nc(-c2ccco2)sc1CN. The molecule has 0 bridgehead atoms. The molecule has 16 heavy (non-hydrogen) atoms. The van der Waals surface area contributed by atoms with Crippen molar-refractivity contribution in [2.75, 3.05) is 0 Å². The minimum atomic E-state index is 0.0239. The minimum Gasteiger partial charge on any atom is -0.462 e. The van der Waals surface area contributed by atoms with Crippen LogP contribution in [0.15, 0.2) is 22.8 Å². The van der Waals surface area contributed by atoms with Gasteiger partial charge < -0.3 is 10.2 Å². The van der Waals surface area contributed by atoms with Crippen LogP contribution >= 0.6 is 11.3 Å². The molecule has 0 aromatic carbocycles. The van der Waals surface area contributed by atoms with Crippen molar-refractivity contribution in [1.29, 1.82) is 0 Å².